The number of aryl methyl sites for hydroxylation is 2. The van der Waals surface area contributed by atoms with Crippen LogP contribution in [0.1, 0.15) is 5.56 Å². The Morgan fingerprint density at radius 1 is 1.00 bits per heavy atom. The molecule has 0 bridgehead atoms. The number of hydrogen-bond donors (Lipinski definition) is 0. The molecule has 0 aliphatic rings. The van der Waals surface area contributed by atoms with Crippen molar-refractivity contribution in [1.29, 1.82) is 0 Å². The highest BCUT2D eigenvalue weighted by Crippen LogP contribution is 2.19. The number of aromatic nitrogens is 2. The molecule has 0 atom stereocenters. The topological polar surface area (TPSA) is 17.8 Å². The molecule has 2 aromatic carbocycles. The van der Waals surface area contributed by atoms with Crippen LogP contribution in [0.5, 0.6) is 0 Å². The fourth-order valence-electron chi connectivity index (χ4n) is 2.18. The van der Waals surface area contributed by atoms with Crippen LogP contribution < -0.4 is 0 Å². The van der Waals surface area contributed by atoms with E-state index in [1.807, 2.05) is 18.7 Å². The maximum atomic E-state index is 4.06. The lowest BCUT2D eigenvalue weighted by atomic mass is 10.0. The van der Waals surface area contributed by atoms with Crippen molar-refractivity contribution in [3.63, 3.8) is 0 Å². The largest absolute Gasteiger partial charge is 0.337 e. The van der Waals surface area contributed by atoms with Crippen molar-refractivity contribution in [2.24, 2.45) is 0 Å². The molecule has 0 fully saturated rings. The predicted molar refractivity (Wildman–Crippen MR) is 69.9 cm³/mol. The molecule has 0 N–H and O–H groups in total. The minimum Gasteiger partial charge on any atom is -0.337 e. The smallest absolute Gasteiger partial charge is 0.0946 e. The number of hydrogen-bond acceptors (Lipinski definition) is 1. The predicted octanol–water partition coefficient (Wildman–Crippen LogP) is 3.28. The van der Waals surface area contributed by atoms with Crippen molar-refractivity contribution >= 4 is 10.8 Å². The first kappa shape index (κ1) is 10.1. The molecule has 17 heavy (non-hydrogen) atoms. The van der Waals surface area contributed by atoms with Crippen LogP contribution in [0, 0.1) is 0 Å². The summed E-state index contributed by atoms with van der Waals surface area (Å²) in [5, 5.41) is 2.67. The monoisotopic (exact) mass is 222 g/mol. The Balaban J connectivity index is 1.90. The first-order chi connectivity index (χ1) is 8.43. The van der Waals surface area contributed by atoms with E-state index >= 15 is 0 Å². The van der Waals surface area contributed by atoms with E-state index in [0.717, 1.165) is 13.0 Å². The zero-order valence-corrected chi connectivity index (χ0v) is 9.58. The summed E-state index contributed by atoms with van der Waals surface area (Å²) < 4.78 is 2.11. The summed E-state index contributed by atoms with van der Waals surface area (Å²) in [6.45, 7) is 0.980. The first-order valence-electron chi connectivity index (χ1n) is 5.86. The van der Waals surface area contributed by atoms with E-state index in [-0.39, 0.29) is 0 Å². The minimum atomic E-state index is 0.980. The van der Waals surface area contributed by atoms with Gasteiger partial charge in [-0.15, -0.1) is 0 Å². The quantitative estimate of drug-likeness (QED) is 0.665. The van der Waals surface area contributed by atoms with Gasteiger partial charge in [0.25, 0.3) is 0 Å². The van der Waals surface area contributed by atoms with Crippen LogP contribution in [0.2, 0.25) is 0 Å². The molecule has 84 valence electrons. The van der Waals surface area contributed by atoms with Crippen molar-refractivity contribution in [2.75, 3.05) is 0 Å². The summed E-state index contributed by atoms with van der Waals surface area (Å²) in [7, 11) is 0. The molecule has 3 aromatic rings. The molecular weight excluding hydrogens is 208 g/mol. The van der Waals surface area contributed by atoms with E-state index in [0.29, 0.717) is 0 Å². The molecule has 0 amide bonds. The maximum Gasteiger partial charge on any atom is 0.0946 e. The molecule has 2 heteroatoms. The third-order valence-corrected chi connectivity index (χ3v) is 3.08. The van der Waals surface area contributed by atoms with Gasteiger partial charge in [-0.25, -0.2) is 4.98 Å². The Morgan fingerprint density at radius 3 is 2.76 bits per heavy atom. The molecule has 0 saturated carbocycles. The Labute approximate surface area is 101 Å². The van der Waals surface area contributed by atoms with Crippen LogP contribution in [0.15, 0.2) is 61.2 Å². The SMILES string of the molecule is c1ccc2c(CCn3ccnc3)cccc2c1. The van der Waals surface area contributed by atoms with Gasteiger partial charge in [-0.3, -0.25) is 0 Å². The fourth-order valence-corrected chi connectivity index (χ4v) is 2.18. The molecule has 0 spiro atoms. The fraction of sp³-hybridized carbons (Fsp3) is 0.133. The molecule has 2 nitrogen and oxygen atoms in total. The Kier molecular flexibility index (Phi) is 2.62. The standard InChI is InChI=1S/C15H14N2/c1-2-7-15-13(4-1)5-3-6-14(15)8-10-17-11-9-16-12-17/h1-7,9,11-12H,8,10H2. The van der Waals surface area contributed by atoms with Crippen LogP contribution in [-0.4, -0.2) is 9.55 Å². The highest BCUT2D eigenvalue weighted by Gasteiger charge is 2.00. The zero-order valence-electron chi connectivity index (χ0n) is 9.58. The van der Waals surface area contributed by atoms with Crippen molar-refractivity contribution in [3.05, 3.63) is 66.7 Å². The van der Waals surface area contributed by atoms with Gasteiger partial charge < -0.3 is 4.57 Å². The van der Waals surface area contributed by atoms with Gasteiger partial charge in [-0.2, -0.15) is 0 Å². The van der Waals surface area contributed by atoms with Gasteiger partial charge in [0.2, 0.25) is 0 Å². The highest BCUT2D eigenvalue weighted by molar-refractivity contribution is 5.85. The van der Waals surface area contributed by atoms with Gasteiger partial charge >= 0.3 is 0 Å². The Morgan fingerprint density at radius 2 is 1.88 bits per heavy atom. The lowest BCUT2D eigenvalue weighted by molar-refractivity contribution is 0.698. The van der Waals surface area contributed by atoms with Crippen molar-refractivity contribution in [2.45, 2.75) is 13.0 Å². The third-order valence-electron chi connectivity index (χ3n) is 3.08. The number of nitrogens with zero attached hydrogens (tertiary/aromatic N) is 2. The lowest BCUT2D eigenvalue weighted by Gasteiger charge is -2.06. The van der Waals surface area contributed by atoms with Crippen molar-refractivity contribution in [1.82, 2.24) is 9.55 Å². The van der Waals surface area contributed by atoms with E-state index in [1.54, 1.807) is 0 Å². The molecule has 0 aliphatic carbocycles. The third kappa shape index (κ3) is 2.07. The van der Waals surface area contributed by atoms with Crippen LogP contribution >= 0.6 is 0 Å². The normalized spacial score (nSPS) is 10.8. The highest BCUT2D eigenvalue weighted by atomic mass is 15.0. The van der Waals surface area contributed by atoms with E-state index < -0.39 is 0 Å². The van der Waals surface area contributed by atoms with Crippen LogP contribution in [-0.2, 0) is 13.0 Å². The van der Waals surface area contributed by atoms with Gasteiger partial charge in [-0.05, 0) is 22.8 Å². The van der Waals surface area contributed by atoms with Crippen LogP contribution in [0.4, 0.5) is 0 Å². The molecule has 1 heterocycles. The molecule has 0 radical (unpaired) electrons. The number of fused-ring (bicyclic) bond motifs is 1. The number of rotatable bonds is 3. The van der Waals surface area contributed by atoms with Gasteiger partial charge in [0.15, 0.2) is 0 Å². The van der Waals surface area contributed by atoms with E-state index in [2.05, 4.69) is 52.0 Å². The number of benzene rings is 2. The van der Waals surface area contributed by atoms with E-state index in [1.165, 1.54) is 16.3 Å². The summed E-state index contributed by atoms with van der Waals surface area (Å²) >= 11 is 0. The molecule has 3 rings (SSSR count). The summed E-state index contributed by atoms with van der Waals surface area (Å²) in [5.74, 6) is 0. The average Bonchev–Trinajstić information content (AvgIpc) is 2.89. The van der Waals surface area contributed by atoms with Gasteiger partial charge in [0.1, 0.15) is 0 Å². The first-order valence-corrected chi connectivity index (χ1v) is 5.86. The summed E-state index contributed by atoms with van der Waals surface area (Å²) in [5.41, 5.74) is 1.40. The minimum absolute atomic E-state index is 0.980. The molecule has 0 unspecified atom stereocenters. The molecule has 1 aromatic heterocycles. The molecular formula is C15H14N2. The van der Waals surface area contributed by atoms with Crippen LogP contribution in [0.3, 0.4) is 0 Å². The second-order valence-corrected chi connectivity index (χ2v) is 4.19. The second kappa shape index (κ2) is 4.42. The van der Waals surface area contributed by atoms with Gasteiger partial charge in [0, 0.05) is 18.9 Å². The molecule has 0 aliphatic heterocycles. The van der Waals surface area contributed by atoms with Crippen molar-refractivity contribution in [3.8, 4) is 0 Å². The Bertz CT molecular complexity index is 606. The number of imidazole rings is 1. The second-order valence-electron chi connectivity index (χ2n) is 4.19. The summed E-state index contributed by atoms with van der Waals surface area (Å²) in [4.78, 5) is 4.06. The maximum absolute atomic E-state index is 4.06. The van der Waals surface area contributed by atoms with Crippen molar-refractivity contribution < 1.29 is 0 Å². The van der Waals surface area contributed by atoms with Gasteiger partial charge in [-0.1, -0.05) is 42.5 Å². The zero-order chi connectivity index (χ0) is 11.5. The van der Waals surface area contributed by atoms with E-state index in [4.69, 9.17) is 0 Å². The van der Waals surface area contributed by atoms with E-state index in [9.17, 15) is 0 Å². The molecule has 0 saturated heterocycles. The summed E-state index contributed by atoms with van der Waals surface area (Å²) in [6, 6.07) is 15.0. The van der Waals surface area contributed by atoms with Crippen LogP contribution in [0.25, 0.3) is 10.8 Å². The summed E-state index contributed by atoms with van der Waals surface area (Å²) in [6.07, 6.45) is 6.73. The Hall–Kier alpha value is -2.09. The van der Waals surface area contributed by atoms with Gasteiger partial charge in [0.05, 0.1) is 6.33 Å². The lowest BCUT2D eigenvalue weighted by Crippen LogP contribution is -1.98. The average molecular weight is 222 g/mol.